The highest BCUT2D eigenvalue weighted by molar-refractivity contribution is 5.22. The fraction of sp³-hybridized carbons (Fsp3) is 0.400. The molecule has 1 aromatic rings. The third-order valence-corrected chi connectivity index (χ3v) is 1.61. The van der Waals surface area contributed by atoms with Gasteiger partial charge in [0.2, 0.25) is 5.82 Å². The number of alkyl halides is 3. The first-order chi connectivity index (χ1) is 7.54. The summed E-state index contributed by atoms with van der Waals surface area (Å²) in [6, 6.07) is 0.791. The smallest absolute Gasteiger partial charge is 0.396 e. The Hall–Kier alpha value is -1.61. The van der Waals surface area contributed by atoms with Crippen molar-refractivity contribution in [3.8, 4) is 11.8 Å². The van der Waals surface area contributed by atoms with E-state index in [-0.39, 0.29) is 12.4 Å². The zero-order valence-electron chi connectivity index (χ0n) is 8.25. The SMILES string of the molecule is OCCCC#Cc1nccc(C(F)(F)F)n1. The molecule has 86 valence electrons. The topological polar surface area (TPSA) is 46.0 Å². The molecule has 1 rings (SSSR count). The Bertz CT molecular complexity index is 407. The van der Waals surface area contributed by atoms with Crippen LogP contribution in [0.25, 0.3) is 0 Å². The summed E-state index contributed by atoms with van der Waals surface area (Å²) < 4.78 is 36.7. The van der Waals surface area contributed by atoms with Crippen LogP contribution in [-0.4, -0.2) is 21.7 Å². The number of nitrogens with zero attached hydrogens (tertiary/aromatic N) is 2. The Kier molecular flexibility index (Phi) is 4.26. The molecule has 0 bridgehead atoms. The number of aliphatic hydroxyl groups excluding tert-OH is 1. The second kappa shape index (κ2) is 5.47. The molecular formula is C10H9F3N2O. The average molecular weight is 230 g/mol. The maximum absolute atomic E-state index is 12.2. The molecule has 0 aliphatic heterocycles. The quantitative estimate of drug-likeness (QED) is 0.620. The zero-order valence-corrected chi connectivity index (χ0v) is 8.25. The molecule has 0 saturated carbocycles. The molecule has 0 fully saturated rings. The monoisotopic (exact) mass is 230 g/mol. The van der Waals surface area contributed by atoms with Crippen LogP contribution in [0.1, 0.15) is 24.4 Å². The van der Waals surface area contributed by atoms with Gasteiger partial charge >= 0.3 is 6.18 Å². The molecule has 0 radical (unpaired) electrons. The van der Waals surface area contributed by atoms with E-state index in [0.717, 1.165) is 12.3 Å². The van der Waals surface area contributed by atoms with E-state index in [1.165, 1.54) is 0 Å². The first kappa shape index (κ1) is 12.5. The van der Waals surface area contributed by atoms with Gasteiger partial charge in [-0.3, -0.25) is 0 Å². The van der Waals surface area contributed by atoms with Crippen LogP contribution in [-0.2, 0) is 6.18 Å². The number of aliphatic hydroxyl groups is 1. The number of rotatable bonds is 2. The fourth-order valence-electron chi connectivity index (χ4n) is 0.886. The van der Waals surface area contributed by atoms with Crippen molar-refractivity contribution in [1.82, 2.24) is 9.97 Å². The van der Waals surface area contributed by atoms with Crippen LogP contribution in [0, 0.1) is 11.8 Å². The zero-order chi connectivity index (χ0) is 12.0. The molecule has 1 N–H and O–H groups in total. The number of hydrogen-bond acceptors (Lipinski definition) is 3. The number of unbranched alkanes of at least 4 members (excludes halogenated alkanes) is 1. The molecule has 16 heavy (non-hydrogen) atoms. The standard InChI is InChI=1S/C10H9F3N2O/c11-10(12,13)8-5-6-14-9(15-8)4-2-1-3-7-16/h5-6,16H,1,3,7H2. The van der Waals surface area contributed by atoms with Crippen LogP contribution in [0.5, 0.6) is 0 Å². The molecule has 3 nitrogen and oxygen atoms in total. The summed E-state index contributed by atoms with van der Waals surface area (Å²) in [6.45, 7) is -0.00186. The number of halogens is 3. The number of aromatic nitrogens is 2. The van der Waals surface area contributed by atoms with E-state index in [0.29, 0.717) is 12.8 Å². The van der Waals surface area contributed by atoms with Gasteiger partial charge in [0.1, 0.15) is 5.69 Å². The van der Waals surface area contributed by atoms with E-state index in [9.17, 15) is 13.2 Å². The molecule has 0 aliphatic carbocycles. The Morgan fingerprint density at radius 1 is 1.38 bits per heavy atom. The van der Waals surface area contributed by atoms with E-state index in [4.69, 9.17) is 5.11 Å². The molecule has 0 spiro atoms. The van der Waals surface area contributed by atoms with Gasteiger partial charge in [0.25, 0.3) is 0 Å². The van der Waals surface area contributed by atoms with Crippen molar-refractivity contribution in [2.24, 2.45) is 0 Å². The van der Waals surface area contributed by atoms with Gasteiger partial charge in [0.15, 0.2) is 0 Å². The maximum Gasteiger partial charge on any atom is 0.433 e. The van der Waals surface area contributed by atoms with Crippen molar-refractivity contribution in [1.29, 1.82) is 0 Å². The van der Waals surface area contributed by atoms with Gasteiger partial charge in [-0.25, -0.2) is 9.97 Å². The molecule has 0 amide bonds. The van der Waals surface area contributed by atoms with Gasteiger partial charge in [-0.1, -0.05) is 5.92 Å². The minimum atomic E-state index is -4.48. The lowest BCUT2D eigenvalue weighted by molar-refractivity contribution is -0.141. The summed E-state index contributed by atoms with van der Waals surface area (Å²) in [5, 5.41) is 8.47. The lowest BCUT2D eigenvalue weighted by Crippen LogP contribution is -2.09. The van der Waals surface area contributed by atoms with Gasteiger partial charge in [0.05, 0.1) is 0 Å². The van der Waals surface area contributed by atoms with E-state index in [2.05, 4.69) is 21.8 Å². The highest BCUT2D eigenvalue weighted by Gasteiger charge is 2.32. The van der Waals surface area contributed by atoms with E-state index >= 15 is 0 Å². The second-order valence-corrected chi connectivity index (χ2v) is 2.89. The van der Waals surface area contributed by atoms with Crippen molar-refractivity contribution in [2.75, 3.05) is 6.61 Å². The molecule has 0 saturated heterocycles. The van der Waals surface area contributed by atoms with Crippen LogP contribution in [0.4, 0.5) is 13.2 Å². The highest BCUT2D eigenvalue weighted by Crippen LogP contribution is 2.26. The molecule has 0 aliphatic rings. The van der Waals surface area contributed by atoms with Crippen molar-refractivity contribution in [3.63, 3.8) is 0 Å². The molecule has 0 unspecified atom stereocenters. The Morgan fingerprint density at radius 3 is 2.75 bits per heavy atom. The third-order valence-electron chi connectivity index (χ3n) is 1.61. The lowest BCUT2D eigenvalue weighted by Gasteiger charge is -2.03. The summed E-state index contributed by atoms with van der Waals surface area (Å²) >= 11 is 0. The van der Waals surface area contributed by atoms with Crippen LogP contribution >= 0.6 is 0 Å². The second-order valence-electron chi connectivity index (χ2n) is 2.89. The molecule has 0 aromatic carbocycles. The minimum Gasteiger partial charge on any atom is -0.396 e. The molecule has 1 heterocycles. The van der Waals surface area contributed by atoms with Gasteiger partial charge < -0.3 is 5.11 Å². The third kappa shape index (κ3) is 3.87. The summed E-state index contributed by atoms with van der Waals surface area (Å²) in [5.41, 5.74) is -1.01. The summed E-state index contributed by atoms with van der Waals surface area (Å²) in [4.78, 5) is 6.87. The van der Waals surface area contributed by atoms with Crippen molar-refractivity contribution in [3.05, 3.63) is 23.8 Å². The molecule has 0 atom stereocenters. The van der Waals surface area contributed by atoms with E-state index in [1.807, 2.05) is 0 Å². The molecule has 1 aromatic heterocycles. The van der Waals surface area contributed by atoms with Crippen LogP contribution in [0.15, 0.2) is 12.3 Å². The van der Waals surface area contributed by atoms with Crippen LogP contribution in [0.3, 0.4) is 0 Å². The van der Waals surface area contributed by atoms with Gasteiger partial charge in [0, 0.05) is 19.2 Å². The summed E-state index contributed by atoms with van der Waals surface area (Å²) in [6.07, 6.45) is -2.58. The first-order valence-corrected chi connectivity index (χ1v) is 4.54. The first-order valence-electron chi connectivity index (χ1n) is 4.54. The fourth-order valence-corrected chi connectivity index (χ4v) is 0.886. The van der Waals surface area contributed by atoms with Crippen molar-refractivity contribution >= 4 is 0 Å². The van der Waals surface area contributed by atoms with Gasteiger partial charge in [-0.15, -0.1) is 0 Å². The maximum atomic E-state index is 12.2. The lowest BCUT2D eigenvalue weighted by atomic mass is 10.3. The van der Waals surface area contributed by atoms with E-state index in [1.54, 1.807) is 0 Å². The summed E-state index contributed by atoms with van der Waals surface area (Å²) in [5.74, 6) is 4.83. The normalized spacial score (nSPS) is 10.8. The molecule has 6 heteroatoms. The largest absolute Gasteiger partial charge is 0.433 e. The van der Waals surface area contributed by atoms with Crippen LogP contribution < -0.4 is 0 Å². The minimum absolute atomic E-state index is 0.00186. The van der Waals surface area contributed by atoms with Gasteiger partial charge in [-0.2, -0.15) is 13.2 Å². The Morgan fingerprint density at radius 2 is 2.12 bits per heavy atom. The summed E-state index contributed by atoms with van der Waals surface area (Å²) in [7, 11) is 0. The van der Waals surface area contributed by atoms with Gasteiger partial charge in [-0.05, 0) is 18.4 Å². The number of hydrogen-bond donors (Lipinski definition) is 1. The van der Waals surface area contributed by atoms with E-state index < -0.39 is 11.9 Å². The average Bonchev–Trinajstić information content (AvgIpc) is 2.24. The Balaban J connectivity index is 2.78. The predicted octanol–water partition coefficient (Wildman–Crippen LogP) is 1.62. The Labute approximate surface area is 90.4 Å². The molecular weight excluding hydrogens is 221 g/mol. The van der Waals surface area contributed by atoms with Crippen molar-refractivity contribution in [2.45, 2.75) is 19.0 Å². The van der Waals surface area contributed by atoms with Crippen LogP contribution in [0.2, 0.25) is 0 Å². The van der Waals surface area contributed by atoms with Crippen molar-refractivity contribution < 1.29 is 18.3 Å². The highest BCUT2D eigenvalue weighted by atomic mass is 19.4. The predicted molar refractivity (Wildman–Crippen MR) is 50.2 cm³/mol.